The van der Waals surface area contributed by atoms with E-state index >= 15 is 0 Å². The average Bonchev–Trinajstić information content (AvgIpc) is 2.67. The predicted molar refractivity (Wildman–Crippen MR) is 103 cm³/mol. The van der Waals surface area contributed by atoms with Crippen LogP contribution in [0.4, 0.5) is 0 Å². The molecule has 0 fully saturated rings. The minimum atomic E-state index is -0.306. The Kier molecular flexibility index (Phi) is 5.08. The lowest BCUT2D eigenvalue weighted by molar-refractivity contribution is 0.183. The molecule has 1 aromatic heterocycles. The number of aromatic hydroxyl groups is 1. The molecule has 2 aromatic carbocycles. The maximum atomic E-state index is 10.1. The van der Waals surface area contributed by atoms with Crippen LogP contribution in [-0.4, -0.2) is 39.2 Å². The minimum Gasteiger partial charge on any atom is -0.503 e. The van der Waals surface area contributed by atoms with Gasteiger partial charge < -0.3 is 20.8 Å². The van der Waals surface area contributed by atoms with E-state index in [0.29, 0.717) is 25.8 Å². The summed E-state index contributed by atoms with van der Waals surface area (Å²) in [5.74, 6) is 0.118. The highest BCUT2D eigenvalue weighted by atomic mass is 79.9. The number of nitrogens with two attached hydrogens (primary N) is 1. The molecular formula is C17H15BrN6O3. The number of rotatable bonds is 4. The van der Waals surface area contributed by atoms with Crippen molar-refractivity contribution in [2.75, 3.05) is 7.11 Å². The maximum absolute atomic E-state index is 10.1. The molecule has 0 aliphatic rings. The second-order valence-electron chi connectivity index (χ2n) is 5.39. The second kappa shape index (κ2) is 7.46. The Labute approximate surface area is 161 Å². The van der Waals surface area contributed by atoms with E-state index in [-0.39, 0.29) is 28.5 Å². The number of nitrogens with one attached hydrogen (secondary N) is 1. The van der Waals surface area contributed by atoms with E-state index in [0.717, 1.165) is 0 Å². The SMILES string of the molecule is COc1cc(C=NN=C(N)c2nc3ccccc3n(O)c2=N)cc(Br)c1O. The summed E-state index contributed by atoms with van der Waals surface area (Å²) in [5, 5.41) is 35.6. The van der Waals surface area contributed by atoms with Crippen LogP contribution < -0.4 is 16.0 Å². The van der Waals surface area contributed by atoms with Gasteiger partial charge in [0.05, 0.1) is 23.3 Å². The zero-order chi connectivity index (χ0) is 19.6. The van der Waals surface area contributed by atoms with Gasteiger partial charge in [0, 0.05) is 0 Å². The van der Waals surface area contributed by atoms with Crippen molar-refractivity contribution in [2.24, 2.45) is 15.9 Å². The summed E-state index contributed by atoms with van der Waals surface area (Å²) in [6, 6.07) is 9.99. The van der Waals surface area contributed by atoms with Crippen LogP contribution in [-0.2, 0) is 0 Å². The van der Waals surface area contributed by atoms with E-state index in [1.54, 1.807) is 36.4 Å². The molecule has 0 aliphatic heterocycles. The molecule has 0 radical (unpaired) electrons. The van der Waals surface area contributed by atoms with E-state index in [4.69, 9.17) is 15.9 Å². The van der Waals surface area contributed by atoms with Crippen molar-refractivity contribution in [1.82, 2.24) is 9.71 Å². The summed E-state index contributed by atoms with van der Waals surface area (Å²) in [5.41, 5.74) is 7.01. The molecule has 0 unspecified atom stereocenters. The van der Waals surface area contributed by atoms with Crippen molar-refractivity contribution >= 4 is 39.0 Å². The molecule has 0 aliphatic carbocycles. The molecular weight excluding hydrogens is 416 g/mol. The Bertz CT molecular complexity index is 1140. The van der Waals surface area contributed by atoms with Crippen LogP contribution in [0.5, 0.6) is 11.5 Å². The van der Waals surface area contributed by atoms with Crippen LogP contribution in [0.15, 0.2) is 51.1 Å². The Balaban J connectivity index is 1.96. The number of phenols is 1. The standard InChI is InChI=1S/C17H15BrN6O3/c1-27-13-7-9(6-10(18)15(13)25)8-21-23-16(19)14-17(20)24(26)12-5-3-2-4-11(12)22-14/h2-8,20,25-26H,1H3,(H2,19,23). The molecule has 0 atom stereocenters. The first-order valence-corrected chi connectivity index (χ1v) is 8.40. The number of para-hydroxylation sites is 2. The zero-order valence-electron chi connectivity index (χ0n) is 14.1. The molecule has 0 saturated carbocycles. The predicted octanol–water partition coefficient (Wildman–Crippen LogP) is 1.97. The molecule has 10 heteroatoms. The Morgan fingerprint density at radius 2 is 2.11 bits per heavy atom. The van der Waals surface area contributed by atoms with Crippen LogP contribution in [0.25, 0.3) is 11.0 Å². The Morgan fingerprint density at radius 1 is 1.37 bits per heavy atom. The molecule has 9 nitrogen and oxygen atoms in total. The first-order valence-electron chi connectivity index (χ1n) is 7.61. The number of amidine groups is 1. The molecule has 1 heterocycles. The van der Waals surface area contributed by atoms with Gasteiger partial charge in [-0.05, 0) is 45.8 Å². The van der Waals surface area contributed by atoms with Gasteiger partial charge in [0.15, 0.2) is 28.5 Å². The lowest BCUT2D eigenvalue weighted by atomic mass is 10.2. The molecule has 138 valence electrons. The normalized spacial score (nSPS) is 12.0. The summed E-state index contributed by atoms with van der Waals surface area (Å²) in [7, 11) is 1.43. The fraction of sp³-hybridized carbons (Fsp3) is 0.0588. The van der Waals surface area contributed by atoms with Crippen molar-refractivity contribution in [3.05, 3.63) is 57.6 Å². The second-order valence-corrected chi connectivity index (χ2v) is 6.25. The monoisotopic (exact) mass is 430 g/mol. The van der Waals surface area contributed by atoms with Crippen molar-refractivity contribution in [1.29, 1.82) is 5.41 Å². The molecule has 0 bridgehead atoms. The fourth-order valence-corrected chi connectivity index (χ4v) is 2.80. The van der Waals surface area contributed by atoms with Crippen LogP contribution in [0.2, 0.25) is 0 Å². The highest BCUT2D eigenvalue weighted by molar-refractivity contribution is 9.10. The van der Waals surface area contributed by atoms with Crippen molar-refractivity contribution in [3.8, 4) is 11.5 Å². The van der Waals surface area contributed by atoms with Gasteiger partial charge in [-0.1, -0.05) is 12.1 Å². The van der Waals surface area contributed by atoms with E-state index < -0.39 is 0 Å². The number of hydrogen-bond donors (Lipinski definition) is 4. The molecule has 0 amide bonds. The smallest absolute Gasteiger partial charge is 0.191 e. The summed E-state index contributed by atoms with van der Waals surface area (Å²) in [6.07, 6.45) is 1.40. The van der Waals surface area contributed by atoms with Crippen LogP contribution in [0.1, 0.15) is 11.3 Å². The number of halogens is 1. The number of fused-ring (bicyclic) bond motifs is 1. The lowest BCUT2D eigenvalue weighted by Crippen LogP contribution is -2.31. The third kappa shape index (κ3) is 3.60. The van der Waals surface area contributed by atoms with E-state index in [2.05, 4.69) is 31.1 Å². The number of hydrogen-bond acceptors (Lipinski definition) is 7. The van der Waals surface area contributed by atoms with Gasteiger partial charge >= 0.3 is 0 Å². The quantitative estimate of drug-likeness (QED) is 0.216. The lowest BCUT2D eigenvalue weighted by Gasteiger charge is -2.07. The average molecular weight is 431 g/mol. The van der Waals surface area contributed by atoms with Gasteiger partial charge in [-0.15, -0.1) is 5.10 Å². The number of ether oxygens (including phenoxy) is 1. The Morgan fingerprint density at radius 3 is 2.85 bits per heavy atom. The van der Waals surface area contributed by atoms with Gasteiger partial charge in [0.25, 0.3) is 0 Å². The molecule has 3 rings (SSSR count). The number of nitrogens with zero attached hydrogens (tertiary/aromatic N) is 4. The molecule has 5 N–H and O–H groups in total. The molecule has 27 heavy (non-hydrogen) atoms. The summed E-state index contributed by atoms with van der Waals surface area (Å²) in [6.45, 7) is 0. The molecule has 0 spiro atoms. The van der Waals surface area contributed by atoms with Gasteiger partial charge in [0.1, 0.15) is 5.52 Å². The van der Waals surface area contributed by atoms with Gasteiger partial charge in [-0.25, -0.2) is 4.98 Å². The number of phenolic OH excluding ortho intramolecular Hbond substituents is 1. The maximum Gasteiger partial charge on any atom is 0.191 e. The van der Waals surface area contributed by atoms with Gasteiger partial charge in [-0.3, -0.25) is 5.41 Å². The largest absolute Gasteiger partial charge is 0.503 e. The van der Waals surface area contributed by atoms with Gasteiger partial charge in [0.2, 0.25) is 0 Å². The highest BCUT2D eigenvalue weighted by Crippen LogP contribution is 2.34. The number of methoxy groups -OCH3 is 1. The number of aromatic nitrogens is 2. The van der Waals surface area contributed by atoms with Crippen molar-refractivity contribution in [2.45, 2.75) is 0 Å². The third-order valence-electron chi connectivity index (χ3n) is 3.66. The summed E-state index contributed by atoms with van der Waals surface area (Å²) >= 11 is 3.22. The van der Waals surface area contributed by atoms with Gasteiger partial charge in [-0.2, -0.15) is 9.83 Å². The summed E-state index contributed by atoms with van der Waals surface area (Å²) < 4.78 is 6.19. The zero-order valence-corrected chi connectivity index (χ0v) is 15.7. The van der Waals surface area contributed by atoms with E-state index in [1.165, 1.54) is 13.3 Å². The van der Waals surface area contributed by atoms with Crippen LogP contribution in [0, 0.1) is 5.41 Å². The molecule has 0 saturated heterocycles. The van der Waals surface area contributed by atoms with E-state index in [9.17, 15) is 10.3 Å². The van der Waals surface area contributed by atoms with Crippen molar-refractivity contribution in [3.63, 3.8) is 0 Å². The van der Waals surface area contributed by atoms with Crippen LogP contribution in [0.3, 0.4) is 0 Å². The minimum absolute atomic E-state index is 0.00202. The Hall–Kier alpha value is -3.40. The van der Waals surface area contributed by atoms with Crippen molar-refractivity contribution < 1.29 is 15.1 Å². The molecule has 3 aromatic rings. The summed E-state index contributed by atoms with van der Waals surface area (Å²) in [4.78, 5) is 4.26. The number of benzene rings is 2. The fourth-order valence-electron chi connectivity index (χ4n) is 2.34. The first kappa shape index (κ1) is 18.4. The third-order valence-corrected chi connectivity index (χ3v) is 4.27. The first-order chi connectivity index (χ1) is 12.9. The highest BCUT2D eigenvalue weighted by Gasteiger charge is 2.11. The topological polar surface area (TPSA) is 142 Å². The van der Waals surface area contributed by atoms with Crippen LogP contribution >= 0.6 is 15.9 Å². The van der Waals surface area contributed by atoms with E-state index in [1.807, 2.05) is 0 Å².